The summed E-state index contributed by atoms with van der Waals surface area (Å²) in [6, 6.07) is 34.5. The highest BCUT2D eigenvalue weighted by Crippen LogP contribution is 2.45. The Morgan fingerprint density at radius 3 is 2.09 bits per heavy atom. The van der Waals surface area contributed by atoms with Crippen molar-refractivity contribution in [3.05, 3.63) is 153 Å². The van der Waals surface area contributed by atoms with E-state index in [9.17, 15) is 13.2 Å². The van der Waals surface area contributed by atoms with Gasteiger partial charge in [-0.1, -0.05) is 95.0 Å². The molecule has 9 heteroatoms. The highest BCUT2D eigenvalue weighted by atomic mass is 35.5. The molecule has 0 aliphatic carbocycles. The molecule has 0 saturated carbocycles. The zero-order valence-electron chi connectivity index (χ0n) is 24.0. The van der Waals surface area contributed by atoms with Crippen LogP contribution in [0.4, 0.5) is 17.1 Å². The summed E-state index contributed by atoms with van der Waals surface area (Å²) in [7, 11) is -4.00. The van der Waals surface area contributed by atoms with Gasteiger partial charge < -0.3 is 4.90 Å². The Kier molecular flexibility index (Phi) is 8.12. The Bertz CT molecular complexity index is 1950. The lowest BCUT2D eigenvalue weighted by Crippen LogP contribution is -2.49. The molecular weight excluding hydrogens is 613 g/mol. The first-order valence-corrected chi connectivity index (χ1v) is 16.2. The second-order valence-corrected chi connectivity index (χ2v) is 13.3. The summed E-state index contributed by atoms with van der Waals surface area (Å²) in [6.07, 6.45) is -0.657. The van der Waals surface area contributed by atoms with Crippen molar-refractivity contribution in [3.8, 4) is 0 Å². The lowest BCUT2D eigenvalue weighted by atomic mass is 9.98. The number of benzene rings is 5. The third-order valence-corrected chi connectivity index (χ3v) is 9.57. The van der Waals surface area contributed by atoms with Gasteiger partial charge in [-0.2, -0.15) is 0 Å². The number of carbonyl (C=O) groups is 1. The maximum absolute atomic E-state index is 14.6. The van der Waals surface area contributed by atoms with Crippen LogP contribution in [0.5, 0.6) is 0 Å². The summed E-state index contributed by atoms with van der Waals surface area (Å²) < 4.78 is 29.7. The van der Waals surface area contributed by atoms with Gasteiger partial charge in [0, 0.05) is 33.5 Å². The standard InChI is InChI=1S/C35H29Cl2N3O3S/c1-23-8-13-27(14-9-23)38-44(42,43)29-17-19-33-31(21-29)35(41)40(28-15-10-24(2)11-16-28)34(30-18-12-26(36)20-32(30)37)39(33)22-25-6-4-3-5-7-25/h3-21,34,38H,22H2,1-2H3/t34-/m0/s1. The summed E-state index contributed by atoms with van der Waals surface area (Å²) >= 11 is 13.1. The summed E-state index contributed by atoms with van der Waals surface area (Å²) in [5, 5.41) is 0.893. The number of sulfonamides is 1. The van der Waals surface area contributed by atoms with Crippen LogP contribution in [0.25, 0.3) is 0 Å². The van der Waals surface area contributed by atoms with E-state index in [0.717, 1.165) is 16.7 Å². The monoisotopic (exact) mass is 641 g/mol. The van der Waals surface area contributed by atoms with Gasteiger partial charge in [0.05, 0.1) is 16.1 Å². The first kappa shape index (κ1) is 29.8. The normalized spacial score (nSPS) is 14.8. The third-order valence-electron chi connectivity index (χ3n) is 7.63. The van der Waals surface area contributed by atoms with Crippen molar-refractivity contribution in [2.45, 2.75) is 31.5 Å². The van der Waals surface area contributed by atoms with Crippen LogP contribution in [-0.4, -0.2) is 14.3 Å². The second kappa shape index (κ2) is 12.0. The number of rotatable bonds is 7. The number of carbonyl (C=O) groups excluding carboxylic acids is 1. The molecule has 5 aromatic rings. The molecule has 44 heavy (non-hydrogen) atoms. The van der Waals surface area contributed by atoms with E-state index in [0.29, 0.717) is 39.2 Å². The van der Waals surface area contributed by atoms with E-state index in [4.69, 9.17) is 23.2 Å². The van der Waals surface area contributed by atoms with Gasteiger partial charge >= 0.3 is 0 Å². The second-order valence-electron chi connectivity index (χ2n) is 10.8. The minimum absolute atomic E-state index is 0.0170. The average Bonchev–Trinajstić information content (AvgIpc) is 3.01. The highest BCUT2D eigenvalue weighted by molar-refractivity contribution is 7.92. The van der Waals surface area contributed by atoms with Crippen LogP contribution in [0.2, 0.25) is 10.0 Å². The number of halogens is 2. The summed E-state index contributed by atoms with van der Waals surface area (Å²) in [5.74, 6) is -0.350. The minimum Gasteiger partial charge on any atom is -0.342 e. The maximum atomic E-state index is 14.6. The Hall–Kier alpha value is -4.30. The topological polar surface area (TPSA) is 69.7 Å². The molecule has 0 saturated heterocycles. The first-order valence-electron chi connectivity index (χ1n) is 14.0. The van der Waals surface area contributed by atoms with E-state index in [1.807, 2.05) is 86.6 Å². The summed E-state index contributed by atoms with van der Waals surface area (Å²) in [5.41, 5.74) is 5.67. The van der Waals surface area contributed by atoms with Crippen molar-refractivity contribution in [1.29, 1.82) is 0 Å². The van der Waals surface area contributed by atoms with Crippen molar-refractivity contribution in [2.24, 2.45) is 0 Å². The fourth-order valence-electron chi connectivity index (χ4n) is 5.39. The van der Waals surface area contributed by atoms with E-state index in [1.54, 1.807) is 35.2 Å². The third kappa shape index (κ3) is 5.91. The molecule has 0 aromatic heterocycles. The molecule has 1 amide bonds. The summed E-state index contributed by atoms with van der Waals surface area (Å²) in [4.78, 5) is 18.3. The van der Waals surface area contributed by atoms with Gasteiger partial charge in [-0.25, -0.2) is 8.42 Å². The van der Waals surface area contributed by atoms with Gasteiger partial charge in [0.2, 0.25) is 0 Å². The molecule has 5 aromatic carbocycles. The number of amides is 1. The van der Waals surface area contributed by atoms with Gasteiger partial charge in [0.15, 0.2) is 0 Å². The molecule has 1 aliphatic rings. The lowest BCUT2D eigenvalue weighted by molar-refractivity contribution is 0.0968. The van der Waals surface area contributed by atoms with Crippen LogP contribution in [0.15, 0.2) is 120 Å². The largest absolute Gasteiger partial charge is 0.342 e. The zero-order chi connectivity index (χ0) is 31.0. The Morgan fingerprint density at radius 2 is 1.43 bits per heavy atom. The maximum Gasteiger partial charge on any atom is 0.262 e. The molecule has 222 valence electrons. The molecule has 0 fully saturated rings. The van der Waals surface area contributed by atoms with Gasteiger partial charge in [-0.15, -0.1) is 0 Å². The molecule has 0 unspecified atom stereocenters. The van der Waals surface area contributed by atoms with Crippen molar-refractivity contribution in [2.75, 3.05) is 14.5 Å². The van der Waals surface area contributed by atoms with Gasteiger partial charge in [-0.3, -0.25) is 14.4 Å². The molecule has 1 heterocycles. The molecule has 1 aliphatic heterocycles. The van der Waals surface area contributed by atoms with Gasteiger partial charge in [0.25, 0.3) is 15.9 Å². The number of fused-ring (bicyclic) bond motifs is 1. The highest BCUT2D eigenvalue weighted by Gasteiger charge is 2.41. The Labute approximate surface area is 267 Å². The molecule has 6 nitrogen and oxygen atoms in total. The fraction of sp³-hybridized carbons (Fsp3) is 0.114. The van der Waals surface area contributed by atoms with Crippen LogP contribution in [-0.2, 0) is 16.6 Å². The van der Waals surface area contributed by atoms with E-state index in [2.05, 4.69) is 9.62 Å². The van der Waals surface area contributed by atoms with Crippen molar-refractivity contribution >= 4 is 56.2 Å². The molecule has 0 radical (unpaired) electrons. The van der Waals surface area contributed by atoms with Crippen molar-refractivity contribution < 1.29 is 13.2 Å². The SMILES string of the molecule is Cc1ccc(NS(=O)(=O)c2ccc3c(c2)C(=O)N(c2ccc(C)cc2)[C@@H](c2ccc(Cl)cc2Cl)N3Cc2ccccc2)cc1. The summed E-state index contributed by atoms with van der Waals surface area (Å²) in [6.45, 7) is 4.32. The zero-order valence-corrected chi connectivity index (χ0v) is 26.4. The Balaban J connectivity index is 1.54. The molecule has 1 atom stereocenters. The van der Waals surface area contributed by atoms with E-state index < -0.39 is 16.2 Å². The van der Waals surface area contributed by atoms with Crippen LogP contribution in [0.3, 0.4) is 0 Å². The van der Waals surface area contributed by atoms with Crippen LogP contribution >= 0.6 is 23.2 Å². The number of nitrogens with zero attached hydrogens (tertiary/aromatic N) is 2. The number of nitrogens with one attached hydrogen (secondary N) is 1. The van der Waals surface area contributed by atoms with Crippen LogP contribution < -0.4 is 14.5 Å². The predicted molar refractivity (Wildman–Crippen MR) is 178 cm³/mol. The molecule has 0 bridgehead atoms. The lowest BCUT2D eigenvalue weighted by Gasteiger charge is -2.46. The molecule has 1 N–H and O–H groups in total. The Morgan fingerprint density at radius 1 is 0.773 bits per heavy atom. The number of anilines is 3. The number of hydrogen-bond acceptors (Lipinski definition) is 4. The molecule has 6 rings (SSSR count). The van der Waals surface area contributed by atoms with E-state index in [1.165, 1.54) is 12.1 Å². The minimum atomic E-state index is -4.00. The number of aryl methyl sites for hydroxylation is 2. The predicted octanol–water partition coefficient (Wildman–Crippen LogP) is 8.78. The smallest absolute Gasteiger partial charge is 0.262 e. The average molecular weight is 643 g/mol. The van der Waals surface area contributed by atoms with Crippen molar-refractivity contribution in [1.82, 2.24) is 0 Å². The fourth-order valence-corrected chi connectivity index (χ4v) is 6.98. The van der Waals surface area contributed by atoms with Gasteiger partial charge in [0.1, 0.15) is 6.17 Å². The molecular formula is C35H29Cl2N3O3S. The first-order chi connectivity index (χ1) is 21.1. The van der Waals surface area contributed by atoms with Crippen molar-refractivity contribution in [3.63, 3.8) is 0 Å². The van der Waals surface area contributed by atoms with Gasteiger partial charge in [-0.05, 0) is 74.0 Å². The van der Waals surface area contributed by atoms with E-state index >= 15 is 0 Å². The van der Waals surface area contributed by atoms with Crippen LogP contribution in [0.1, 0.15) is 38.8 Å². The molecule has 0 spiro atoms. The van der Waals surface area contributed by atoms with Crippen LogP contribution in [0, 0.1) is 13.8 Å². The number of hydrogen-bond donors (Lipinski definition) is 1. The quantitative estimate of drug-likeness (QED) is 0.193. The van der Waals surface area contributed by atoms with E-state index in [-0.39, 0.29) is 16.4 Å².